The van der Waals surface area contributed by atoms with Crippen molar-refractivity contribution in [2.75, 3.05) is 0 Å². The smallest absolute Gasteiger partial charge is 0.406 e. The van der Waals surface area contributed by atoms with Gasteiger partial charge < -0.3 is 9.72 Å². The summed E-state index contributed by atoms with van der Waals surface area (Å²) in [6.07, 6.45) is -4.74. The van der Waals surface area contributed by atoms with Crippen molar-refractivity contribution < 1.29 is 17.9 Å². The Morgan fingerprint density at radius 1 is 0.875 bits per heavy atom. The molecule has 3 aromatic carbocycles. The minimum Gasteiger partial charge on any atom is -0.406 e. The van der Waals surface area contributed by atoms with Gasteiger partial charge in [-0.1, -0.05) is 63.2 Å². The molecule has 0 atom stereocenters. The fourth-order valence-electron chi connectivity index (χ4n) is 3.64. The van der Waals surface area contributed by atoms with E-state index in [4.69, 9.17) is 0 Å². The van der Waals surface area contributed by atoms with Crippen LogP contribution in [0.5, 0.6) is 5.75 Å². The number of imidazole rings is 1. The van der Waals surface area contributed by atoms with Crippen molar-refractivity contribution in [3.05, 3.63) is 88.3 Å². The molecule has 32 heavy (non-hydrogen) atoms. The van der Waals surface area contributed by atoms with Crippen molar-refractivity contribution in [3.63, 3.8) is 0 Å². The Balaban J connectivity index is 1.60. The zero-order valence-corrected chi connectivity index (χ0v) is 18.0. The Kier molecular flexibility index (Phi) is 5.36. The normalized spacial score (nSPS) is 12.3. The zero-order chi connectivity index (χ0) is 23.1. The van der Waals surface area contributed by atoms with Gasteiger partial charge in [0.05, 0.1) is 17.6 Å². The summed E-state index contributed by atoms with van der Waals surface area (Å²) in [4.78, 5) is 15.4. The van der Waals surface area contributed by atoms with Gasteiger partial charge in [0.2, 0.25) is 0 Å². The Morgan fingerprint density at radius 3 is 2.09 bits per heavy atom. The van der Waals surface area contributed by atoms with E-state index in [9.17, 15) is 18.0 Å². The second kappa shape index (κ2) is 7.89. The second-order valence-electron chi connectivity index (χ2n) is 8.77. The van der Waals surface area contributed by atoms with Gasteiger partial charge in [0.1, 0.15) is 5.75 Å². The minimum absolute atomic E-state index is 0.0714. The molecular formula is C25H23F3N2O2. The van der Waals surface area contributed by atoms with Crippen molar-refractivity contribution in [2.45, 2.75) is 39.1 Å². The highest BCUT2D eigenvalue weighted by Gasteiger charge is 2.30. The number of fused-ring (bicyclic) bond motifs is 1. The highest BCUT2D eigenvalue weighted by Crippen LogP contribution is 2.28. The Morgan fingerprint density at radius 2 is 1.50 bits per heavy atom. The van der Waals surface area contributed by atoms with Crippen LogP contribution in [0, 0.1) is 0 Å². The van der Waals surface area contributed by atoms with Crippen LogP contribution < -0.4 is 10.4 Å². The first-order valence-corrected chi connectivity index (χ1v) is 10.2. The van der Waals surface area contributed by atoms with Crippen molar-refractivity contribution in [2.24, 2.45) is 0 Å². The average molecular weight is 440 g/mol. The summed E-state index contributed by atoms with van der Waals surface area (Å²) < 4.78 is 42.4. The Hall–Kier alpha value is -3.48. The van der Waals surface area contributed by atoms with Gasteiger partial charge >= 0.3 is 12.1 Å². The molecule has 0 spiro atoms. The van der Waals surface area contributed by atoms with Gasteiger partial charge in [-0.3, -0.25) is 4.57 Å². The summed E-state index contributed by atoms with van der Waals surface area (Å²) in [5.41, 5.74) is 5.18. The number of H-pyrrole nitrogens is 1. The molecule has 0 unspecified atom stereocenters. The largest absolute Gasteiger partial charge is 0.573 e. The first kappa shape index (κ1) is 21.7. The van der Waals surface area contributed by atoms with E-state index in [1.807, 2.05) is 18.2 Å². The van der Waals surface area contributed by atoms with Crippen molar-refractivity contribution in [1.29, 1.82) is 0 Å². The van der Waals surface area contributed by atoms with Crippen molar-refractivity contribution in [1.82, 2.24) is 9.55 Å². The van der Waals surface area contributed by atoms with E-state index < -0.39 is 6.36 Å². The molecule has 0 aliphatic rings. The van der Waals surface area contributed by atoms with E-state index in [1.165, 1.54) is 29.8 Å². The molecule has 1 N–H and O–H groups in total. The van der Waals surface area contributed by atoms with Crippen molar-refractivity contribution in [3.8, 4) is 16.9 Å². The van der Waals surface area contributed by atoms with Crippen LogP contribution in [0.3, 0.4) is 0 Å². The van der Waals surface area contributed by atoms with Crippen LogP contribution >= 0.6 is 0 Å². The number of nitrogens with zero attached hydrogens (tertiary/aromatic N) is 1. The SMILES string of the molecule is CC(C)(C)c1ccc(-c2ccc3c(c2)[nH]c(=O)n3Cc2ccc(OC(F)(F)F)cc2)cc1. The third kappa shape index (κ3) is 4.72. The molecule has 0 radical (unpaired) electrons. The number of hydrogen-bond acceptors (Lipinski definition) is 2. The lowest BCUT2D eigenvalue weighted by atomic mass is 9.86. The number of alkyl halides is 3. The standard InChI is InChI=1S/C25H23F3N2O2/c1-24(2,3)19-9-6-17(7-10-19)18-8-13-22-21(14-18)29-23(31)30(22)15-16-4-11-20(12-5-16)32-25(26,27)28/h4-14H,15H2,1-3H3,(H,29,31). The van der Waals surface area contributed by atoms with E-state index in [1.54, 1.807) is 4.57 Å². The number of aromatic nitrogens is 2. The molecule has 1 heterocycles. The maximum Gasteiger partial charge on any atom is 0.573 e. The van der Waals surface area contributed by atoms with E-state index in [-0.39, 0.29) is 23.4 Å². The maximum atomic E-state index is 12.5. The molecule has 0 amide bonds. The van der Waals surface area contributed by atoms with Crippen LogP contribution in [-0.4, -0.2) is 15.9 Å². The van der Waals surface area contributed by atoms with Crippen LogP contribution in [0.15, 0.2) is 71.5 Å². The molecule has 0 bridgehead atoms. The lowest BCUT2D eigenvalue weighted by Gasteiger charge is -2.19. The number of nitrogens with one attached hydrogen (secondary N) is 1. The molecule has 0 aliphatic carbocycles. The Bertz CT molecular complexity index is 1290. The predicted molar refractivity (Wildman–Crippen MR) is 119 cm³/mol. The first-order chi connectivity index (χ1) is 15.0. The maximum absolute atomic E-state index is 12.5. The molecule has 0 saturated carbocycles. The summed E-state index contributed by atoms with van der Waals surface area (Å²) in [5, 5.41) is 0. The van der Waals surface area contributed by atoms with Gasteiger partial charge in [-0.2, -0.15) is 0 Å². The van der Waals surface area contributed by atoms with E-state index in [2.05, 4.69) is 54.8 Å². The lowest BCUT2D eigenvalue weighted by Crippen LogP contribution is -2.18. The van der Waals surface area contributed by atoms with Crippen LogP contribution in [0.2, 0.25) is 0 Å². The number of ether oxygens (including phenoxy) is 1. The minimum atomic E-state index is -4.74. The predicted octanol–water partition coefficient (Wildman–Crippen LogP) is 6.24. The van der Waals surface area contributed by atoms with Gasteiger partial charge in [-0.05, 0) is 51.9 Å². The van der Waals surface area contributed by atoms with Crippen LogP contribution in [-0.2, 0) is 12.0 Å². The number of halogens is 3. The van der Waals surface area contributed by atoms with Gasteiger partial charge in [0.25, 0.3) is 0 Å². The molecule has 0 saturated heterocycles. The molecule has 4 nitrogen and oxygen atoms in total. The van der Waals surface area contributed by atoms with Gasteiger partial charge in [0.15, 0.2) is 0 Å². The number of rotatable bonds is 4. The fraction of sp³-hybridized carbons (Fsp3) is 0.240. The second-order valence-corrected chi connectivity index (χ2v) is 8.77. The highest BCUT2D eigenvalue weighted by molar-refractivity contribution is 5.82. The average Bonchev–Trinajstić information content (AvgIpc) is 3.02. The van der Waals surface area contributed by atoms with Crippen molar-refractivity contribution >= 4 is 11.0 Å². The number of benzene rings is 3. The summed E-state index contributed by atoms with van der Waals surface area (Å²) in [7, 11) is 0. The molecule has 4 aromatic rings. The van der Waals surface area contributed by atoms with Gasteiger partial charge in [0, 0.05) is 0 Å². The van der Waals surface area contributed by atoms with Gasteiger partial charge in [-0.15, -0.1) is 13.2 Å². The highest BCUT2D eigenvalue weighted by atomic mass is 19.4. The molecule has 4 rings (SSSR count). The fourth-order valence-corrected chi connectivity index (χ4v) is 3.64. The zero-order valence-electron chi connectivity index (χ0n) is 18.0. The van der Waals surface area contributed by atoms with E-state index in [0.29, 0.717) is 11.1 Å². The topological polar surface area (TPSA) is 47.0 Å². The number of hydrogen-bond donors (Lipinski definition) is 1. The molecular weight excluding hydrogens is 417 g/mol. The summed E-state index contributed by atoms with van der Waals surface area (Å²) in [6.45, 7) is 6.72. The summed E-state index contributed by atoms with van der Waals surface area (Å²) in [6, 6.07) is 19.6. The molecule has 166 valence electrons. The molecule has 7 heteroatoms. The third-order valence-corrected chi connectivity index (χ3v) is 5.36. The van der Waals surface area contributed by atoms with E-state index >= 15 is 0 Å². The van der Waals surface area contributed by atoms with Crippen LogP contribution in [0.25, 0.3) is 22.2 Å². The monoisotopic (exact) mass is 440 g/mol. The Labute approximate surface area is 183 Å². The third-order valence-electron chi connectivity index (χ3n) is 5.36. The van der Waals surface area contributed by atoms with E-state index in [0.717, 1.165) is 16.6 Å². The summed E-state index contributed by atoms with van der Waals surface area (Å²) in [5.74, 6) is -0.297. The molecule has 1 aromatic heterocycles. The molecule has 0 fully saturated rings. The first-order valence-electron chi connectivity index (χ1n) is 10.2. The summed E-state index contributed by atoms with van der Waals surface area (Å²) >= 11 is 0. The number of aromatic amines is 1. The lowest BCUT2D eigenvalue weighted by molar-refractivity contribution is -0.274. The molecule has 0 aliphatic heterocycles. The quantitative estimate of drug-likeness (QED) is 0.408. The van der Waals surface area contributed by atoms with Crippen LogP contribution in [0.1, 0.15) is 31.9 Å². The van der Waals surface area contributed by atoms with Crippen LogP contribution in [0.4, 0.5) is 13.2 Å². The van der Waals surface area contributed by atoms with Gasteiger partial charge in [-0.25, -0.2) is 4.79 Å².